The molecule has 0 spiro atoms. The summed E-state index contributed by atoms with van der Waals surface area (Å²) in [4.78, 5) is 22.2. The summed E-state index contributed by atoms with van der Waals surface area (Å²) in [7, 11) is 0. The van der Waals surface area contributed by atoms with Crippen LogP contribution in [0.25, 0.3) is 0 Å². The molecule has 2 rings (SSSR count). The lowest BCUT2D eigenvalue weighted by Gasteiger charge is -2.14. The van der Waals surface area contributed by atoms with Crippen LogP contribution in [0.4, 0.5) is 15.8 Å². The van der Waals surface area contributed by atoms with Crippen LogP contribution in [-0.4, -0.2) is 22.2 Å². The highest BCUT2D eigenvalue weighted by molar-refractivity contribution is 14.1. The van der Waals surface area contributed by atoms with E-state index in [2.05, 4.69) is 27.9 Å². The summed E-state index contributed by atoms with van der Waals surface area (Å²) in [6.07, 6.45) is 0. The molecular weight excluding hydrogens is 404 g/mol. The van der Waals surface area contributed by atoms with Crippen molar-refractivity contribution < 1.29 is 24.2 Å². The summed E-state index contributed by atoms with van der Waals surface area (Å²) in [5.74, 6) is -3.73. The number of hydrogen-bond acceptors (Lipinski definition) is 3. The summed E-state index contributed by atoms with van der Waals surface area (Å²) in [6, 6.07) is 7.07. The van der Waals surface area contributed by atoms with Gasteiger partial charge < -0.3 is 15.5 Å². The minimum absolute atomic E-state index is 0.262. The predicted molar refractivity (Wildman–Crippen MR) is 87.5 cm³/mol. The molecule has 0 heterocycles. The first-order chi connectivity index (χ1) is 10.3. The lowest BCUT2D eigenvalue weighted by atomic mass is 10.1. The zero-order chi connectivity index (χ0) is 16.4. The largest absolute Gasteiger partial charge is 0.478 e. The zero-order valence-corrected chi connectivity index (χ0v) is 13.5. The Morgan fingerprint density at radius 2 is 1.82 bits per heavy atom. The Hall–Kier alpha value is -2.16. The molecule has 0 radical (unpaired) electrons. The predicted octanol–water partition coefficient (Wildman–Crippen LogP) is 3.88. The first-order valence-electron chi connectivity index (χ1n) is 6.13. The van der Waals surface area contributed by atoms with Crippen LogP contribution < -0.4 is 5.32 Å². The molecule has 0 atom stereocenters. The zero-order valence-electron chi connectivity index (χ0n) is 11.4. The summed E-state index contributed by atoms with van der Waals surface area (Å²) in [6.45, 7) is 1.80. The van der Waals surface area contributed by atoms with Crippen molar-refractivity contribution in [2.24, 2.45) is 0 Å². The minimum atomic E-state index is -1.41. The third-order valence-corrected chi connectivity index (χ3v) is 3.69. The molecule has 3 N–H and O–H groups in total. The molecule has 22 heavy (non-hydrogen) atoms. The van der Waals surface area contributed by atoms with Gasteiger partial charge in [0.25, 0.3) is 0 Å². The summed E-state index contributed by atoms with van der Waals surface area (Å²) in [5, 5.41) is 20.8. The maximum atomic E-state index is 14.1. The first-order valence-corrected chi connectivity index (χ1v) is 7.20. The Kier molecular flexibility index (Phi) is 4.65. The molecule has 0 aliphatic heterocycles. The highest BCUT2D eigenvalue weighted by Crippen LogP contribution is 2.28. The van der Waals surface area contributed by atoms with Crippen molar-refractivity contribution in [2.75, 3.05) is 5.32 Å². The minimum Gasteiger partial charge on any atom is -0.478 e. The third kappa shape index (κ3) is 3.35. The second kappa shape index (κ2) is 6.30. The molecule has 0 amide bonds. The van der Waals surface area contributed by atoms with Gasteiger partial charge in [0.1, 0.15) is 5.82 Å². The summed E-state index contributed by atoms with van der Waals surface area (Å²) >= 11 is 2.13. The van der Waals surface area contributed by atoms with Crippen LogP contribution in [0.3, 0.4) is 0 Å². The van der Waals surface area contributed by atoms with Crippen LogP contribution in [0.5, 0.6) is 0 Å². The SMILES string of the molecule is Cc1cc(I)ccc1Nc1c(F)cc(C(=O)O)cc1C(=O)O. The standard InChI is InChI=1S/C15H11FINO4/c1-7-4-9(17)2-3-12(7)18-13-10(15(21)22)5-8(14(19)20)6-11(13)16/h2-6,18H,1H3,(H,19,20)(H,21,22). The maximum absolute atomic E-state index is 14.1. The number of rotatable bonds is 4. The number of nitrogens with one attached hydrogen (secondary N) is 1. The molecule has 2 aromatic carbocycles. The van der Waals surface area contributed by atoms with E-state index >= 15 is 0 Å². The van der Waals surface area contributed by atoms with E-state index in [1.807, 2.05) is 6.07 Å². The monoisotopic (exact) mass is 415 g/mol. The highest BCUT2D eigenvalue weighted by Gasteiger charge is 2.19. The molecule has 0 fully saturated rings. The van der Waals surface area contributed by atoms with Crippen molar-refractivity contribution in [2.45, 2.75) is 6.92 Å². The number of carboxylic acid groups (broad SMARTS) is 2. The summed E-state index contributed by atoms with van der Waals surface area (Å²) < 4.78 is 15.1. The van der Waals surface area contributed by atoms with Crippen molar-refractivity contribution in [3.63, 3.8) is 0 Å². The highest BCUT2D eigenvalue weighted by atomic mass is 127. The molecule has 0 aliphatic carbocycles. The van der Waals surface area contributed by atoms with Crippen molar-refractivity contribution >= 4 is 45.9 Å². The van der Waals surface area contributed by atoms with Gasteiger partial charge in [-0.15, -0.1) is 0 Å². The van der Waals surface area contributed by atoms with E-state index in [9.17, 15) is 19.1 Å². The Morgan fingerprint density at radius 3 is 2.36 bits per heavy atom. The molecule has 0 saturated carbocycles. The Morgan fingerprint density at radius 1 is 1.14 bits per heavy atom. The van der Waals surface area contributed by atoms with Crippen LogP contribution in [0.1, 0.15) is 26.3 Å². The molecule has 0 aromatic heterocycles. The molecule has 0 saturated heterocycles. The number of hydrogen-bond donors (Lipinski definition) is 3. The number of halogens is 2. The molecule has 0 bridgehead atoms. The molecule has 2 aromatic rings. The van der Waals surface area contributed by atoms with Crippen molar-refractivity contribution in [1.29, 1.82) is 0 Å². The van der Waals surface area contributed by atoms with Gasteiger partial charge in [-0.2, -0.15) is 0 Å². The number of aryl methyl sites for hydroxylation is 1. The van der Waals surface area contributed by atoms with Gasteiger partial charge in [0.05, 0.1) is 16.8 Å². The molecule has 0 unspecified atom stereocenters. The molecular formula is C15H11FINO4. The molecule has 5 nitrogen and oxygen atoms in total. The lowest BCUT2D eigenvalue weighted by Crippen LogP contribution is -2.09. The number of benzene rings is 2. The van der Waals surface area contributed by atoms with Gasteiger partial charge in [-0.25, -0.2) is 14.0 Å². The number of carboxylic acids is 2. The Bertz CT molecular complexity index is 776. The lowest BCUT2D eigenvalue weighted by molar-refractivity contribution is 0.0696. The molecule has 7 heteroatoms. The van der Waals surface area contributed by atoms with Gasteiger partial charge in [-0.3, -0.25) is 0 Å². The molecule has 114 valence electrons. The van der Waals surface area contributed by atoms with Crippen molar-refractivity contribution in [3.05, 3.63) is 56.4 Å². The first kappa shape index (κ1) is 16.2. The second-order valence-electron chi connectivity index (χ2n) is 4.58. The van der Waals surface area contributed by atoms with Crippen LogP contribution in [0.15, 0.2) is 30.3 Å². The number of aromatic carboxylic acids is 2. The van der Waals surface area contributed by atoms with Crippen molar-refractivity contribution in [3.8, 4) is 0 Å². The van der Waals surface area contributed by atoms with Crippen LogP contribution >= 0.6 is 22.6 Å². The van der Waals surface area contributed by atoms with E-state index in [1.165, 1.54) is 0 Å². The van der Waals surface area contributed by atoms with E-state index in [1.54, 1.807) is 19.1 Å². The third-order valence-electron chi connectivity index (χ3n) is 3.02. The van der Waals surface area contributed by atoms with Crippen molar-refractivity contribution in [1.82, 2.24) is 0 Å². The van der Waals surface area contributed by atoms with Gasteiger partial charge in [0.15, 0.2) is 0 Å². The van der Waals surface area contributed by atoms with Crippen LogP contribution in [-0.2, 0) is 0 Å². The van der Waals surface area contributed by atoms with E-state index < -0.39 is 28.9 Å². The average Bonchev–Trinajstić information content (AvgIpc) is 2.42. The summed E-state index contributed by atoms with van der Waals surface area (Å²) in [5.41, 5.74) is 0.242. The van der Waals surface area contributed by atoms with E-state index in [0.29, 0.717) is 5.69 Å². The average molecular weight is 415 g/mol. The molecule has 0 aliphatic rings. The Balaban J connectivity index is 2.54. The maximum Gasteiger partial charge on any atom is 0.337 e. The smallest absolute Gasteiger partial charge is 0.337 e. The van der Waals surface area contributed by atoms with Gasteiger partial charge in [0, 0.05) is 9.26 Å². The van der Waals surface area contributed by atoms with Crippen LogP contribution in [0.2, 0.25) is 0 Å². The van der Waals surface area contributed by atoms with E-state index in [0.717, 1.165) is 21.3 Å². The topological polar surface area (TPSA) is 86.6 Å². The fourth-order valence-corrected chi connectivity index (χ4v) is 2.57. The second-order valence-corrected chi connectivity index (χ2v) is 5.82. The normalized spacial score (nSPS) is 10.3. The van der Waals surface area contributed by atoms with Gasteiger partial charge >= 0.3 is 11.9 Å². The fraction of sp³-hybridized carbons (Fsp3) is 0.0667. The fourth-order valence-electron chi connectivity index (χ4n) is 1.93. The number of carbonyl (C=O) groups is 2. The van der Waals surface area contributed by atoms with Gasteiger partial charge in [-0.05, 0) is 65.4 Å². The quantitative estimate of drug-likeness (QED) is 0.660. The van der Waals surface area contributed by atoms with E-state index in [-0.39, 0.29) is 5.69 Å². The van der Waals surface area contributed by atoms with Gasteiger partial charge in [-0.1, -0.05) is 0 Å². The van der Waals surface area contributed by atoms with E-state index in [4.69, 9.17) is 5.11 Å². The Labute approximate surface area is 138 Å². The van der Waals surface area contributed by atoms with Gasteiger partial charge in [0.2, 0.25) is 0 Å². The number of anilines is 2. The van der Waals surface area contributed by atoms with Crippen LogP contribution in [0, 0.1) is 16.3 Å².